The van der Waals surface area contributed by atoms with Crippen LogP contribution in [-0.4, -0.2) is 12.5 Å². The number of benzene rings is 1. The Bertz CT molecular complexity index is 603. The van der Waals surface area contributed by atoms with E-state index in [1.54, 1.807) is 17.9 Å². The zero-order valence-electron chi connectivity index (χ0n) is 12.3. The van der Waals surface area contributed by atoms with E-state index in [4.69, 9.17) is 11.6 Å². The number of nitrogens with zero attached hydrogens (tertiary/aromatic N) is 2. The second kappa shape index (κ2) is 4.79. The lowest BCUT2D eigenvalue weighted by Gasteiger charge is -2.31. The topological polar surface area (TPSA) is 44.1 Å². The molecule has 20 heavy (non-hydrogen) atoms. The summed E-state index contributed by atoms with van der Waals surface area (Å²) in [6.07, 6.45) is 0.688. The highest BCUT2D eigenvalue weighted by molar-refractivity contribution is 6.30. The molecule has 1 aromatic carbocycles. The maximum atomic E-state index is 11.8. The average molecular weight is 291 g/mol. The summed E-state index contributed by atoms with van der Waals surface area (Å²) in [5.74, 6) is 0.0204. The van der Waals surface area contributed by atoms with Crippen molar-refractivity contribution in [1.82, 2.24) is 0 Å². The third-order valence-corrected chi connectivity index (χ3v) is 4.16. The van der Waals surface area contributed by atoms with Crippen LogP contribution >= 0.6 is 11.6 Å². The highest BCUT2D eigenvalue weighted by Gasteiger charge is 2.43. The molecular formula is C16H19ClN2O. The zero-order valence-corrected chi connectivity index (χ0v) is 13.1. The van der Waals surface area contributed by atoms with Crippen molar-refractivity contribution in [1.29, 1.82) is 5.26 Å². The van der Waals surface area contributed by atoms with Crippen molar-refractivity contribution in [2.45, 2.75) is 39.5 Å². The second-order valence-corrected chi connectivity index (χ2v) is 6.94. The van der Waals surface area contributed by atoms with Crippen molar-refractivity contribution in [3.8, 4) is 6.07 Å². The predicted molar refractivity (Wildman–Crippen MR) is 80.8 cm³/mol. The fraction of sp³-hybridized carbons (Fsp3) is 0.500. The predicted octanol–water partition coefficient (Wildman–Crippen LogP) is 3.90. The molecular weight excluding hydrogens is 272 g/mol. The first-order valence-corrected chi connectivity index (χ1v) is 7.06. The van der Waals surface area contributed by atoms with E-state index in [2.05, 4.69) is 13.0 Å². The van der Waals surface area contributed by atoms with Crippen LogP contribution in [0.25, 0.3) is 0 Å². The minimum atomic E-state index is -0.443. The number of halogens is 1. The van der Waals surface area contributed by atoms with Crippen molar-refractivity contribution < 1.29 is 4.79 Å². The van der Waals surface area contributed by atoms with Crippen LogP contribution in [0, 0.1) is 16.7 Å². The number of amides is 1. The van der Waals surface area contributed by atoms with Crippen LogP contribution in [0.4, 0.5) is 5.69 Å². The first kappa shape index (κ1) is 14.9. The number of anilines is 1. The standard InChI is InChI=1S/C16H19ClN2O/c1-11(20)19-10-16(4,8-15(2,3)9-18)13-7-12(17)5-6-14(13)19/h5-7H,8,10H2,1-4H3. The van der Waals surface area contributed by atoms with Gasteiger partial charge in [0.15, 0.2) is 0 Å². The lowest BCUT2D eigenvalue weighted by atomic mass is 9.72. The van der Waals surface area contributed by atoms with Gasteiger partial charge in [-0.05, 0) is 44.0 Å². The van der Waals surface area contributed by atoms with E-state index >= 15 is 0 Å². The molecule has 0 N–H and O–H groups in total. The maximum Gasteiger partial charge on any atom is 0.223 e. The Labute approximate surface area is 125 Å². The van der Waals surface area contributed by atoms with Crippen LogP contribution in [-0.2, 0) is 10.2 Å². The monoisotopic (exact) mass is 290 g/mol. The summed E-state index contributed by atoms with van der Waals surface area (Å²) in [5, 5.41) is 9.95. The van der Waals surface area contributed by atoms with Gasteiger partial charge < -0.3 is 4.90 Å². The third-order valence-electron chi connectivity index (χ3n) is 3.92. The van der Waals surface area contributed by atoms with E-state index in [0.29, 0.717) is 18.0 Å². The molecule has 0 aromatic heterocycles. The van der Waals surface area contributed by atoms with Crippen molar-refractivity contribution in [2.24, 2.45) is 5.41 Å². The van der Waals surface area contributed by atoms with Gasteiger partial charge in [0.25, 0.3) is 0 Å². The minimum absolute atomic E-state index is 0.0204. The maximum absolute atomic E-state index is 11.8. The van der Waals surface area contributed by atoms with Gasteiger partial charge in [0.1, 0.15) is 0 Å². The van der Waals surface area contributed by atoms with Gasteiger partial charge >= 0.3 is 0 Å². The number of carbonyl (C=O) groups is 1. The van der Waals surface area contributed by atoms with Crippen molar-refractivity contribution in [2.75, 3.05) is 11.4 Å². The minimum Gasteiger partial charge on any atom is -0.311 e. The summed E-state index contributed by atoms with van der Waals surface area (Å²) in [7, 11) is 0. The van der Waals surface area contributed by atoms with Gasteiger partial charge in [0, 0.05) is 29.6 Å². The van der Waals surface area contributed by atoms with Crippen LogP contribution in [0.1, 0.15) is 39.7 Å². The molecule has 0 aliphatic carbocycles. The van der Waals surface area contributed by atoms with E-state index < -0.39 is 5.41 Å². The molecule has 3 nitrogen and oxygen atoms in total. The number of fused-ring (bicyclic) bond motifs is 1. The largest absolute Gasteiger partial charge is 0.311 e. The molecule has 0 bridgehead atoms. The van der Waals surface area contributed by atoms with Crippen LogP contribution in [0.5, 0.6) is 0 Å². The van der Waals surface area contributed by atoms with Gasteiger partial charge in [0.05, 0.1) is 11.5 Å². The molecule has 0 saturated heterocycles. The van der Waals surface area contributed by atoms with E-state index in [1.807, 2.05) is 26.0 Å². The fourth-order valence-corrected chi connectivity index (χ4v) is 3.37. The van der Waals surface area contributed by atoms with Crippen molar-refractivity contribution >= 4 is 23.2 Å². The van der Waals surface area contributed by atoms with E-state index in [9.17, 15) is 10.1 Å². The van der Waals surface area contributed by atoms with Gasteiger partial charge in [-0.25, -0.2) is 0 Å². The van der Waals surface area contributed by atoms with Gasteiger partial charge in [-0.2, -0.15) is 5.26 Å². The number of carbonyl (C=O) groups excluding carboxylic acids is 1. The molecule has 0 fully saturated rings. The van der Waals surface area contributed by atoms with Crippen molar-refractivity contribution in [3.05, 3.63) is 28.8 Å². The van der Waals surface area contributed by atoms with Crippen molar-refractivity contribution in [3.63, 3.8) is 0 Å². The molecule has 2 rings (SSSR count). The van der Waals surface area contributed by atoms with Gasteiger partial charge in [-0.15, -0.1) is 0 Å². The summed E-state index contributed by atoms with van der Waals surface area (Å²) in [4.78, 5) is 13.6. The average Bonchev–Trinajstić information content (AvgIpc) is 2.62. The summed E-state index contributed by atoms with van der Waals surface area (Å²) in [5.41, 5.74) is 1.29. The Morgan fingerprint density at radius 3 is 2.75 bits per heavy atom. The number of nitriles is 1. The number of hydrogen-bond donors (Lipinski definition) is 0. The second-order valence-electron chi connectivity index (χ2n) is 6.50. The fourth-order valence-electron chi connectivity index (χ4n) is 3.19. The molecule has 4 heteroatoms. The molecule has 106 valence electrons. The first-order valence-electron chi connectivity index (χ1n) is 6.68. The lowest BCUT2D eigenvalue weighted by Crippen LogP contribution is -2.36. The molecule has 1 aliphatic heterocycles. The van der Waals surface area contributed by atoms with Crippen LogP contribution in [0.2, 0.25) is 5.02 Å². The lowest BCUT2D eigenvalue weighted by molar-refractivity contribution is -0.116. The first-order chi connectivity index (χ1) is 9.18. The van der Waals surface area contributed by atoms with E-state index in [-0.39, 0.29) is 11.3 Å². The van der Waals surface area contributed by atoms with Crippen LogP contribution in [0.15, 0.2) is 18.2 Å². The Hall–Kier alpha value is -1.53. The highest BCUT2D eigenvalue weighted by atomic mass is 35.5. The Morgan fingerprint density at radius 2 is 2.20 bits per heavy atom. The van der Waals surface area contributed by atoms with Gasteiger partial charge in [-0.3, -0.25) is 4.79 Å². The summed E-state index contributed by atoms with van der Waals surface area (Å²) >= 11 is 6.11. The summed E-state index contributed by atoms with van der Waals surface area (Å²) in [6.45, 7) is 8.13. The highest BCUT2D eigenvalue weighted by Crippen LogP contribution is 2.47. The molecule has 1 amide bonds. The summed E-state index contributed by atoms with van der Waals surface area (Å²) in [6, 6.07) is 7.97. The number of rotatable bonds is 2. The van der Waals surface area contributed by atoms with Gasteiger partial charge in [0.2, 0.25) is 5.91 Å². The molecule has 1 aliphatic rings. The SMILES string of the molecule is CC(=O)N1CC(C)(CC(C)(C)C#N)c2cc(Cl)ccc21. The van der Waals surface area contributed by atoms with E-state index in [0.717, 1.165) is 11.3 Å². The van der Waals surface area contributed by atoms with Crippen LogP contribution in [0.3, 0.4) is 0 Å². The smallest absolute Gasteiger partial charge is 0.223 e. The molecule has 0 saturated carbocycles. The van der Waals surface area contributed by atoms with Gasteiger partial charge in [-0.1, -0.05) is 18.5 Å². The number of hydrogen-bond acceptors (Lipinski definition) is 2. The Balaban J connectivity index is 2.51. The Morgan fingerprint density at radius 1 is 1.55 bits per heavy atom. The molecule has 1 aromatic rings. The molecule has 0 spiro atoms. The molecule has 1 heterocycles. The van der Waals surface area contributed by atoms with Crippen LogP contribution < -0.4 is 4.90 Å². The quantitative estimate of drug-likeness (QED) is 0.829. The van der Waals surface area contributed by atoms with E-state index in [1.165, 1.54) is 0 Å². The molecule has 1 unspecified atom stereocenters. The summed E-state index contributed by atoms with van der Waals surface area (Å²) < 4.78 is 0. The Kier molecular flexibility index (Phi) is 3.56. The molecule has 0 radical (unpaired) electrons. The third kappa shape index (κ3) is 2.53. The molecule has 1 atom stereocenters. The normalized spacial score (nSPS) is 21.5. The zero-order chi connectivity index (χ0) is 15.1.